The molecule has 0 aliphatic carbocycles. The number of ether oxygens (including phenoxy) is 1. The van der Waals surface area contributed by atoms with Crippen LogP contribution in [0.2, 0.25) is 0 Å². The average molecular weight is 276 g/mol. The largest absolute Gasteiger partial charge is 0.492 e. The molecule has 1 aromatic carbocycles. The number of aromatic nitrogens is 1. The van der Waals surface area contributed by atoms with Gasteiger partial charge in [-0.05, 0) is 37.6 Å². The molecule has 3 rings (SSSR count). The van der Waals surface area contributed by atoms with Gasteiger partial charge in [-0.2, -0.15) is 0 Å². The molecule has 1 aliphatic heterocycles. The van der Waals surface area contributed by atoms with Crippen LogP contribution in [0, 0.1) is 0 Å². The van der Waals surface area contributed by atoms with Gasteiger partial charge >= 0.3 is 0 Å². The Hall–Kier alpha value is -1.13. The van der Waals surface area contributed by atoms with Crippen molar-refractivity contribution in [2.24, 2.45) is 0 Å². The molecule has 2 aromatic rings. The van der Waals surface area contributed by atoms with E-state index in [4.69, 9.17) is 4.74 Å². The second kappa shape index (κ2) is 5.47. The molecule has 0 radical (unpaired) electrons. The SMILES string of the molecule is CC(C)c1nc2ccc(OCC3CCCN3)cc2s1. The van der Waals surface area contributed by atoms with Crippen LogP contribution in [0.5, 0.6) is 5.75 Å². The smallest absolute Gasteiger partial charge is 0.120 e. The van der Waals surface area contributed by atoms with Crippen LogP contribution in [0.15, 0.2) is 18.2 Å². The van der Waals surface area contributed by atoms with Gasteiger partial charge < -0.3 is 10.1 Å². The van der Waals surface area contributed by atoms with Gasteiger partial charge in [-0.3, -0.25) is 0 Å². The summed E-state index contributed by atoms with van der Waals surface area (Å²) in [5.41, 5.74) is 1.08. The van der Waals surface area contributed by atoms with E-state index in [2.05, 4.69) is 36.3 Å². The Morgan fingerprint density at radius 3 is 3.11 bits per heavy atom. The second-order valence-electron chi connectivity index (χ2n) is 5.44. The number of nitrogens with zero attached hydrogens (tertiary/aromatic N) is 1. The first-order chi connectivity index (χ1) is 9.22. The van der Waals surface area contributed by atoms with Gasteiger partial charge in [-0.25, -0.2) is 4.98 Å². The van der Waals surface area contributed by atoms with Crippen molar-refractivity contribution in [1.29, 1.82) is 0 Å². The van der Waals surface area contributed by atoms with Gasteiger partial charge in [0.1, 0.15) is 12.4 Å². The minimum Gasteiger partial charge on any atom is -0.492 e. The first-order valence-corrected chi connectivity index (χ1v) is 7.80. The van der Waals surface area contributed by atoms with Crippen LogP contribution in [0.25, 0.3) is 10.2 Å². The number of thiazole rings is 1. The fourth-order valence-electron chi connectivity index (χ4n) is 2.36. The van der Waals surface area contributed by atoms with Gasteiger partial charge in [0.2, 0.25) is 0 Å². The van der Waals surface area contributed by atoms with Crippen molar-refractivity contribution >= 4 is 21.6 Å². The molecular weight excluding hydrogens is 256 g/mol. The molecule has 2 heterocycles. The fourth-order valence-corrected chi connectivity index (χ4v) is 3.35. The highest BCUT2D eigenvalue weighted by atomic mass is 32.1. The molecule has 102 valence electrons. The summed E-state index contributed by atoms with van der Waals surface area (Å²) in [7, 11) is 0. The minimum atomic E-state index is 0.490. The van der Waals surface area contributed by atoms with Crippen LogP contribution in [-0.2, 0) is 0 Å². The molecule has 1 aliphatic rings. The highest BCUT2D eigenvalue weighted by Gasteiger charge is 2.14. The molecular formula is C15H20N2OS. The Morgan fingerprint density at radius 2 is 2.37 bits per heavy atom. The van der Waals surface area contributed by atoms with Crippen LogP contribution in [0.1, 0.15) is 37.6 Å². The van der Waals surface area contributed by atoms with E-state index in [-0.39, 0.29) is 0 Å². The van der Waals surface area contributed by atoms with E-state index < -0.39 is 0 Å². The monoisotopic (exact) mass is 276 g/mol. The van der Waals surface area contributed by atoms with Gasteiger partial charge in [-0.1, -0.05) is 13.8 Å². The lowest BCUT2D eigenvalue weighted by Gasteiger charge is -2.11. The van der Waals surface area contributed by atoms with Gasteiger partial charge in [-0.15, -0.1) is 11.3 Å². The number of hydrogen-bond acceptors (Lipinski definition) is 4. The van der Waals surface area contributed by atoms with Gasteiger partial charge in [0.05, 0.1) is 15.2 Å². The van der Waals surface area contributed by atoms with Crippen LogP contribution in [-0.4, -0.2) is 24.2 Å². The zero-order chi connectivity index (χ0) is 13.2. The lowest BCUT2D eigenvalue weighted by molar-refractivity contribution is 0.277. The van der Waals surface area contributed by atoms with E-state index in [9.17, 15) is 0 Å². The molecule has 1 fully saturated rings. The average Bonchev–Trinajstić information content (AvgIpc) is 3.04. The molecule has 1 N–H and O–H groups in total. The molecule has 0 amide bonds. The van der Waals surface area contributed by atoms with E-state index in [0.717, 1.165) is 24.4 Å². The van der Waals surface area contributed by atoms with Crippen molar-refractivity contribution in [3.63, 3.8) is 0 Å². The lowest BCUT2D eigenvalue weighted by atomic mass is 10.2. The van der Waals surface area contributed by atoms with Gasteiger partial charge in [0.25, 0.3) is 0 Å². The quantitative estimate of drug-likeness (QED) is 0.927. The first kappa shape index (κ1) is 12.9. The zero-order valence-electron chi connectivity index (χ0n) is 11.5. The maximum absolute atomic E-state index is 5.88. The van der Waals surface area contributed by atoms with Crippen LogP contribution < -0.4 is 10.1 Å². The predicted octanol–water partition coefficient (Wildman–Crippen LogP) is 3.55. The standard InChI is InChI=1S/C15H20N2OS/c1-10(2)15-17-13-6-5-12(8-14(13)19-15)18-9-11-4-3-7-16-11/h5-6,8,10-11,16H,3-4,7,9H2,1-2H3. The molecule has 1 aromatic heterocycles. The molecule has 0 saturated carbocycles. The maximum atomic E-state index is 5.88. The Bertz CT molecular complexity index is 558. The summed E-state index contributed by atoms with van der Waals surface area (Å²) in [5, 5.41) is 4.65. The summed E-state index contributed by atoms with van der Waals surface area (Å²) in [6.45, 7) is 6.25. The Balaban J connectivity index is 1.73. The number of rotatable bonds is 4. The van der Waals surface area contributed by atoms with E-state index >= 15 is 0 Å². The van der Waals surface area contributed by atoms with Crippen LogP contribution in [0.3, 0.4) is 0 Å². The van der Waals surface area contributed by atoms with Crippen molar-refractivity contribution in [3.05, 3.63) is 23.2 Å². The van der Waals surface area contributed by atoms with Crippen molar-refractivity contribution in [2.45, 2.75) is 38.6 Å². The molecule has 0 spiro atoms. The zero-order valence-corrected chi connectivity index (χ0v) is 12.3. The highest BCUT2D eigenvalue weighted by molar-refractivity contribution is 7.18. The minimum absolute atomic E-state index is 0.490. The molecule has 3 nitrogen and oxygen atoms in total. The number of hydrogen-bond donors (Lipinski definition) is 1. The van der Waals surface area contributed by atoms with Gasteiger partial charge in [0.15, 0.2) is 0 Å². The first-order valence-electron chi connectivity index (χ1n) is 6.99. The van der Waals surface area contributed by atoms with Crippen molar-refractivity contribution in [1.82, 2.24) is 10.3 Å². The molecule has 1 saturated heterocycles. The van der Waals surface area contributed by atoms with Crippen LogP contribution in [0.4, 0.5) is 0 Å². The van der Waals surface area contributed by atoms with Crippen molar-refractivity contribution in [3.8, 4) is 5.75 Å². The lowest BCUT2D eigenvalue weighted by Crippen LogP contribution is -2.28. The summed E-state index contributed by atoms with van der Waals surface area (Å²) in [5.74, 6) is 1.45. The van der Waals surface area contributed by atoms with E-state index in [0.29, 0.717) is 12.0 Å². The fraction of sp³-hybridized carbons (Fsp3) is 0.533. The number of nitrogens with one attached hydrogen (secondary N) is 1. The maximum Gasteiger partial charge on any atom is 0.120 e. The molecule has 0 bridgehead atoms. The topological polar surface area (TPSA) is 34.1 Å². The number of benzene rings is 1. The Labute approximate surface area is 118 Å². The summed E-state index contributed by atoms with van der Waals surface area (Å²) < 4.78 is 7.11. The normalized spacial score (nSPS) is 19.4. The third kappa shape index (κ3) is 2.90. The Kier molecular flexibility index (Phi) is 3.71. The van der Waals surface area contributed by atoms with Crippen molar-refractivity contribution < 1.29 is 4.74 Å². The van der Waals surface area contributed by atoms with E-state index in [1.54, 1.807) is 11.3 Å². The third-order valence-corrected chi connectivity index (χ3v) is 4.80. The summed E-state index contributed by atoms with van der Waals surface area (Å²) in [6, 6.07) is 6.73. The third-order valence-electron chi connectivity index (χ3n) is 3.48. The summed E-state index contributed by atoms with van der Waals surface area (Å²) >= 11 is 1.77. The molecule has 4 heteroatoms. The Morgan fingerprint density at radius 1 is 1.47 bits per heavy atom. The van der Waals surface area contributed by atoms with Crippen LogP contribution >= 0.6 is 11.3 Å². The summed E-state index contributed by atoms with van der Waals surface area (Å²) in [6.07, 6.45) is 2.49. The number of fused-ring (bicyclic) bond motifs is 1. The van der Waals surface area contributed by atoms with E-state index in [1.807, 2.05) is 6.07 Å². The van der Waals surface area contributed by atoms with Crippen molar-refractivity contribution in [2.75, 3.05) is 13.2 Å². The highest BCUT2D eigenvalue weighted by Crippen LogP contribution is 2.30. The van der Waals surface area contributed by atoms with E-state index in [1.165, 1.54) is 22.5 Å². The molecule has 19 heavy (non-hydrogen) atoms. The van der Waals surface area contributed by atoms with Gasteiger partial charge in [0, 0.05) is 12.0 Å². The predicted molar refractivity (Wildman–Crippen MR) is 80.2 cm³/mol. The summed E-state index contributed by atoms with van der Waals surface area (Å²) in [4.78, 5) is 4.64. The second-order valence-corrected chi connectivity index (χ2v) is 6.50. The molecule has 1 unspecified atom stereocenters. The molecule has 1 atom stereocenters.